The van der Waals surface area contributed by atoms with Crippen molar-refractivity contribution in [3.05, 3.63) is 22.3 Å². The highest BCUT2D eigenvalue weighted by Gasteiger charge is 2.21. The van der Waals surface area contributed by atoms with Crippen LogP contribution in [0.2, 0.25) is 0 Å². The lowest BCUT2D eigenvalue weighted by Crippen LogP contribution is -2.39. The lowest BCUT2D eigenvalue weighted by Gasteiger charge is -2.26. The molecule has 0 radical (unpaired) electrons. The number of nitrogens with one attached hydrogen (secondary N) is 1. The topological polar surface area (TPSA) is 68.0 Å². The van der Waals surface area contributed by atoms with Crippen LogP contribution in [0.4, 0.5) is 5.82 Å². The van der Waals surface area contributed by atoms with Crippen LogP contribution in [0.3, 0.4) is 0 Å². The number of aromatic nitrogens is 1. The van der Waals surface area contributed by atoms with Crippen LogP contribution in [-0.4, -0.2) is 16.9 Å². The lowest BCUT2D eigenvalue weighted by molar-refractivity contribution is 0.0917. The molecule has 0 atom stereocenters. The van der Waals surface area contributed by atoms with Gasteiger partial charge in [-0.3, -0.25) is 4.79 Å². The van der Waals surface area contributed by atoms with Crippen molar-refractivity contribution in [3.63, 3.8) is 0 Å². The number of amides is 1. The van der Waals surface area contributed by atoms with Crippen LogP contribution in [0.25, 0.3) is 0 Å². The van der Waals surface area contributed by atoms with Crippen molar-refractivity contribution in [2.45, 2.75) is 25.3 Å². The van der Waals surface area contributed by atoms with Crippen LogP contribution in [0.5, 0.6) is 0 Å². The first-order valence-corrected chi connectivity index (χ1v) is 5.68. The Balaban J connectivity index is 2.12. The van der Waals surface area contributed by atoms with Crippen molar-refractivity contribution in [1.82, 2.24) is 10.3 Å². The molecular weight excluding hydrogens is 258 g/mol. The Morgan fingerprint density at radius 1 is 1.60 bits per heavy atom. The average Bonchev–Trinajstić information content (AvgIpc) is 2.15. The van der Waals surface area contributed by atoms with Crippen molar-refractivity contribution in [2.75, 3.05) is 5.73 Å². The molecule has 1 aliphatic carbocycles. The van der Waals surface area contributed by atoms with Gasteiger partial charge >= 0.3 is 0 Å². The van der Waals surface area contributed by atoms with Crippen LogP contribution in [-0.2, 0) is 0 Å². The van der Waals surface area contributed by atoms with Gasteiger partial charge in [-0.2, -0.15) is 0 Å². The van der Waals surface area contributed by atoms with Crippen molar-refractivity contribution in [2.24, 2.45) is 0 Å². The minimum Gasteiger partial charge on any atom is -0.383 e. The van der Waals surface area contributed by atoms with E-state index in [-0.39, 0.29) is 11.7 Å². The number of anilines is 1. The number of hydrogen-bond donors (Lipinski definition) is 2. The molecule has 0 unspecified atom stereocenters. The van der Waals surface area contributed by atoms with Crippen LogP contribution >= 0.6 is 15.9 Å². The molecule has 15 heavy (non-hydrogen) atoms. The van der Waals surface area contributed by atoms with Crippen LogP contribution in [0, 0.1) is 0 Å². The SMILES string of the molecule is Nc1ncc(Br)cc1C(=O)NC1CCC1. The molecule has 3 N–H and O–H groups in total. The number of halogens is 1. The van der Waals surface area contributed by atoms with Crippen molar-refractivity contribution in [1.29, 1.82) is 0 Å². The predicted molar refractivity (Wildman–Crippen MR) is 61.5 cm³/mol. The molecule has 0 aliphatic heterocycles. The summed E-state index contributed by atoms with van der Waals surface area (Å²) in [6.45, 7) is 0. The van der Waals surface area contributed by atoms with Crippen molar-refractivity contribution < 1.29 is 4.79 Å². The Morgan fingerprint density at radius 2 is 2.33 bits per heavy atom. The maximum Gasteiger partial charge on any atom is 0.255 e. The number of carbonyl (C=O) groups is 1. The number of hydrogen-bond acceptors (Lipinski definition) is 3. The highest BCUT2D eigenvalue weighted by Crippen LogP contribution is 2.20. The molecule has 0 bridgehead atoms. The highest BCUT2D eigenvalue weighted by atomic mass is 79.9. The summed E-state index contributed by atoms with van der Waals surface area (Å²) in [7, 11) is 0. The standard InChI is InChI=1S/C10H12BrN3O/c11-6-4-8(9(12)13-5-6)10(15)14-7-2-1-3-7/h4-5,7H,1-3H2,(H2,12,13)(H,14,15). The zero-order valence-corrected chi connectivity index (χ0v) is 9.75. The molecule has 1 fully saturated rings. The molecule has 1 amide bonds. The van der Waals surface area contributed by atoms with Gasteiger partial charge in [0.05, 0.1) is 5.56 Å². The van der Waals surface area contributed by atoms with E-state index in [1.54, 1.807) is 12.3 Å². The molecule has 0 aromatic carbocycles. The summed E-state index contributed by atoms with van der Waals surface area (Å²) in [5.41, 5.74) is 6.07. The molecule has 80 valence electrons. The fourth-order valence-electron chi connectivity index (χ4n) is 1.45. The van der Waals surface area contributed by atoms with E-state index < -0.39 is 0 Å². The monoisotopic (exact) mass is 269 g/mol. The molecule has 0 spiro atoms. The van der Waals surface area contributed by atoms with E-state index in [0.29, 0.717) is 11.6 Å². The molecule has 1 saturated carbocycles. The van der Waals surface area contributed by atoms with E-state index in [0.717, 1.165) is 17.3 Å². The zero-order valence-electron chi connectivity index (χ0n) is 8.16. The van der Waals surface area contributed by atoms with E-state index in [2.05, 4.69) is 26.2 Å². The van der Waals surface area contributed by atoms with Gasteiger partial charge in [0.15, 0.2) is 0 Å². The number of nitrogens with zero attached hydrogens (tertiary/aromatic N) is 1. The average molecular weight is 270 g/mol. The third kappa shape index (κ3) is 2.28. The fraction of sp³-hybridized carbons (Fsp3) is 0.400. The van der Waals surface area contributed by atoms with Gasteiger partial charge in [-0.1, -0.05) is 0 Å². The molecule has 1 heterocycles. The Morgan fingerprint density at radius 3 is 2.93 bits per heavy atom. The fourth-order valence-corrected chi connectivity index (χ4v) is 1.78. The van der Waals surface area contributed by atoms with Gasteiger partial charge in [-0.25, -0.2) is 4.98 Å². The van der Waals surface area contributed by atoms with Gasteiger partial charge in [0.2, 0.25) is 0 Å². The predicted octanol–water partition coefficient (Wildman–Crippen LogP) is 1.71. The van der Waals surface area contributed by atoms with E-state index in [1.165, 1.54) is 6.42 Å². The maximum atomic E-state index is 11.8. The summed E-state index contributed by atoms with van der Waals surface area (Å²) in [6, 6.07) is 2.01. The Hall–Kier alpha value is -1.10. The molecule has 4 nitrogen and oxygen atoms in total. The first-order valence-electron chi connectivity index (χ1n) is 4.88. The summed E-state index contributed by atoms with van der Waals surface area (Å²) in [4.78, 5) is 15.7. The van der Waals surface area contributed by atoms with E-state index >= 15 is 0 Å². The van der Waals surface area contributed by atoms with Gasteiger partial charge < -0.3 is 11.1 Å². The smallest absolute Gasteiger partial charge is 0.255 e. The summed E-state index contributed by atoms with van der Waals surface area (Å²) in [6.07, 6.45) is 4.90. The van der Waals surface area contributed by atoms with E-state index in [9.17, 15) is 4.79 Å². The summed E-state index contributed by atoms with van der Waals surface area (Å²) in [5, 5.41) is 2.92. The van der Waals surface area contributed by atoms with Gasteiger partial charge in [0.25, 0.3) is 5.91 Å². The number of rotatable bonds is 2. The summed E-state index contributed by atoms with van der Waals surface area (Å²) >= 11 is 3.26. The Kier molecular flexibility index (Phi) is 2.90. The molecule has 5 heteroatoms. The lowest BCUT2D eigenvalue weighted by atomic mass is 9.93. The third-order valence-corrected chi connectivity index (χ3v) is 3.00. The normalized spacial score (nSPS) is 15.8. The summed E-state index contributed by atoms with van der Waals surface area (Å²) < 4.78 is 0.760. The first-order chi connectivity index (χ1) is 7.16. The van der Waals surface area contributed by atoms with Gasteiger partial charge in [-0.15, -0.1) is 0 Å². The Bertz CT molecular complexity index is 390. The van der Waals surface area contributed by atoms with E-state index in [1.807, 2.05) is 0 Å². The van der Waals surface area contributed by atoms with Crippen molar-refractivity contribution in [3.8, 4) is 0 Å². The first kappa shape index (κ1) is 10.4. The maximum absolute atomic E-state index is 11.8. The molecular formula is C10H12BrN3O. The van der Waals surface area contributed by atoms with Crippen molar-refractivity contribution >= 4 is 27.7 Å². The second-order valence-electron chi connectivity index (χ2n) is 3.69. The minimum absolute atomic E-state index is 0.133. The number of pyridine rings is 1. The quantitative estimate of drug-likeness (QED) is 0.859. The van der Waals surface area contributed by atoms with Crippen LogP contribution in [0.1, 0.15) is 29.6 Å². The zero-order chi connectivity index (χ0) is 10.8. The van der Waals surface area contributed by atoms with Crippen LogP contribution in [0.15, 0.2) is 16.7 Å². The number of nitrogens with two attached hydrogens (primary N) is 1. The highest BCUT2D eigenvalue weighted by molar-refractivity contribution is 9.10. The second kappa shape index (κ2) is 4.18. The minimum atomic E-state index is -0.133. The van der Waals surface area contributed by atoms with E-state index in [4.69, 9.17) is 5.73 Å². The largest absolute Gasteiger partial charge is 0.383 e. The third-order valence-electron chi connectivity index (χ3n) is 2.57. The van der Waals surface area contributed by atoms with Crippen LogP contribution < -0.4 is 11.1 Å². The van der Waals surface area contributed by atoms with Gasteiger partial charge in [0, 0.05) is 16.7 Å². The number of nitrogen functional groups attached to an aromatic ring is 1. The summed E-state index contributed by atoms with van der Waals surface area (Å²) in [5.74, 6) is 0.140. The van der Waals surface area contributed by atoms with Gasteiger partial charge in [0.1, 0.15) is 5.82 Å². The Labute approximate surface area is 96.4 Å². The molecule has 2 rings (SSSR count). The molecule has 1 aliphatic rings. The second-order valence-corrected chi connectivity index (χ2v) is 4.60. The number of carbonyl (C=O) groups excluding carboxylic acids is 1. The molecule has 1 aromatic heterocycles. The molecule has 1 aromatic rings. The molecule has 0 saturated heterocycles. The van der Waals surface area contributed by atoms with Gasteiger partial charge in [-0.05, 0) is 41.3 Å².